The molecule has 0 radical (unpaired) electrons. The van der Waals surface area contributed by atoms with E-state index < -0.39 is 12.2 Å². The van der Waals surface area contributed by atoms with Crippen LogP contribution in [0.1, 0.15) is 103 Å². The number of nitrogens with zero attached hydrogens (tertiary/aromatic N) is 2. The van der Waals surface area contributed by atoms with E-state index in [0.717, 1.165) is 37.7 Å². The van der Waals surface area contributed by atoms with Crippen LogP contribution in [0.4, 0.5) is 0 Å². The summed E-state index contributed by atoms with van der Waals surface area (Å²) in [6.07, 6.45) is 7.21. The van der Waals surface area contributed by atoms with E-state index in [9.17, 15) is 19.8 Å². The molecule has 4 unspecified atom stereocenters. The predicted octanol–water partition coefficient (Wildman–Crippen LogP) is 4.41. The largest absolute Gasteiger partial charge is 0.504 e. The van der Waals surface area contributed by atoms with Gasteiger partial charge in [-0.2, -0.15) is 0 Å². The molecule has 1 heterocycles. The SMILES string of the molecule is CCCCCC(O)CC(CCc1cc(CN2C(=O)CC(CCN=C(N)N)C2CCC(C)C)c(O)c(OC)c1)OC(C)=O. The molecule has 1 aromatic rings. The molecule has 1 aliphatic rings. The van der Waals surface area contributed by atoms with E-state index in [4.69, 9.17) is 20.9 Å². The standard InChI is InChI=1S/C32H54N4O6/c1-6-7-8-9-26(38)19-27(42-22(4)37)12-11-23-16-25(31(40)29(17-23)41-5)20-36-28(13-10-21(2)3)24(18-30(36)39)14-15-35-32(33)34/h16-17,21,24,26-28,38,40H,6-15,18-20H2,1-5H3,(H4,33,34,35). The number of hydrogen-bond acceptors (Lipinski definition) is 7. The molecule has 1 saturated heterocycles. The molecule has 1 amide bonds. The molecule has 0 bridgehead atoms. The van der Waals surface area contributed by atoms with Crippen molar-refractivity contribution in [3.05, 3.63) is 23.3 Å². The second-order valence-corrected chi connectivity index (χ2v) is 12.1. The molecule has 1 aliphatic heterocycles. The number of hydrogen-bond donors (Lipinski definition) is 4. The zero-order valence-corrected chi connectivity index (χ0v) is 26.3. The number of carbonyl (C=O) groups excluding carboxylic acids is 2. The van der Waals surface area contributed by atoms with Crippen LogP contribution in [0.2, 0.25) is 0 Å². The molecule has 0 aliphatic carbocycles. The number of likely N-dealkylation sites (tertiary alicyclic amines) is 1. The topological polar surface area (TPSA) is 161 Å². The number of nitrogens with two attached hydrogens (primary N) is 2. The monoisotopic (exact) mass is 590 g/mol. The third kappa shape index (κ3) is 11.7. The van der Waals surface area contributed by atoms with Gasteiger partial charge in [0.1, 0.15) is 6.10 Å². The minimum atomic E-state index is -0.533. The van der Waals surface area contributed by atoms with Gasteiger partial charge >= 0.3 is 5.97 Å². The van der Waals surface area contributed by atoms with Crippen molar-refractivity contribution in [3.8, 4) is 11.5 Å². The van der Waals surface area contributed by atoms with Gasteiger partial charge in [0, 0.05) is 44.5 Å². The first-order valence-electron chi connectivity index (χ1n) is 15.5. The Morgan fingerprint density at radius 3 is 2.52 bits per heavy atom. The highest BCUT2D eigenvalue weighted by Crippen LogP contribution is 2.38. The Labute approximate surface area is 251 Å². The van der Waals surface area contributed by atoms with Gasteiger partial charge in [0.2, 0.25) is 5.91 Å². The van der Waals surface area contributed by atoms with Crippen LogP contribution >= 0.6 is 0 Å². The predicted molar refractivity (Wildman–Crippen MR) is 165 cm³/mol. The first-order valence-corrected chi connectivity index (χ1v) is 15.5. The van der Waals surface area contributed by atoms with Gasteiger partial charge in [0.25, 0.3) is 0 Å². The smallest absolute Gasteiger partial charge is 0.302 e. The fourth-order valence-corrected chi connectivity index (χ4v) is 5.84. The molecular weight excluding hydrogens is 536 g/mol. The van der Waals surface area contributed by atoms with Gasteiger partial charge < -0.3 is 36.1 Å². The van der Waals surface area contributed by atoms with Crippen molar-refractivity contribution < 1.29 is 29.3 Å². The maximum Gasteiger partial charge on any atom is 0.302 e. The van der Waals surface area contributed by atoms with Crippen molar-refractivity contribution in [2.45, 2.75) is 123 Å². The highest BCUT2D eigenvalue weighted by atomic mass is 16.5. The van der Waals surface area contributed by atoms with Crippen LogP contribution in [0.25, 0.3) is 0 Å². The summed E-state index contributed by atoms with van der Waals surface area (Å²) in [5.74, 6) is 0.691. The maximum atomic E-state index is 13.3. The van der Waals surface area contributed by atoms with Gasteiger partial charge in [-0.15, -0.1) is 0 Å². The van der Waals surface area contributed by atoms with Gasteiger partial charge in [-0.3, -0.25) is 14.6 Å². The molecule has 2 rings (SSSR count). The zero-order chi connectivity index (χ0) is 31.2. The summed E-state index contributed by atoms with van der Waals surface area (Å²) in [5.41, 5.74) is 12.5. The average molecular weight is 591 g/mol. The normalized spacial score (nSPS) is 18.3. The number of phenols is 1. The number of ether oxygens (including phenoxy) is 2. The second-order valence-electron chi connectivity index (χ2n) is 12.1. The summed E-state index contributed by atoms with van der Waals surface area (Å²) >= 11 is 0. The lowest BCUT2D eigenvalue weighted by Crippen LogP contribution is -2.35. The van der Waals surface area contributed by atoms with Crippen molar-refractivity contribution in [1.29, 1.82) is 0 Å². The fourth-order valence-electron chi connectivity index (χ4n) is 5.84. The number of phenolic OH excluding ortho intramolecular Hbond substituents is 1. The maximum absolute atomic E-state index is 13.3. The molecule has 0 spiro atoms. The zero-order valence-electron chi connectivity index (χ0n) is 26.3. The number of unbranched alkanes of at least 4 members (excludes halogenated alkanes) is 2. The molecule has 0 saturated carbocycles. The highest BCUT2D eigenvalue weighted by molar-refractivity contribution is 5.79. The lowest BCUT2D eigenvalue weighted by molar-refractivity contribution is -0.148. The summed E-state index contributed by atoms with van der Waals surface area (Å²) in [6.45, 7) is 8.57. The number of aliphatic hydroxyl groups is 1. The molecule has 4 atom stereocenters. The Balaban J connectivity index is 2.23. The van der Waals surface area contributed by atoms with E-state index in [2.05, 4.69) is 25.8 Å². The Bertz CT molecular complexity index is 1030. The van der Waals surface area contributed by atoms with Crippen LogP contribution in [-0.4, -0.2) is 64.9 Å². The van der Waals surface area contributed by atoms with E-state index in [1.807, 2.05) is 11.0 Å². The molecule has 0 aromatic heterocycles. The number of aliphatic imine (C=N–C) groups is 1. The molecule has 10 nitrogen and oxygen atoms in total. The summed E-state index contributed by atoms with van der Waals surface area (Å²) in [5, 5.41) is 21.5. The number of rotatable bonds is 19. The second kappa shape index (κ2) is 17.8. The minimum Gasteiger partial charge on any atom is -0.504 e. The van der Waals surface area contributed by atoms with Gasteiger partial charge in [-0.25, -0.2) is 0 Å². The first kappa shape index (κ1) is 35.2. The number of aliphatic hydroxyl groups excluding tert-OH is 1. The third-order valence-electron chi connectivity index (χ3n) is 8.07. The number of guanidine groups is 1. The fraction of sp³-hybridized carbons (Fsp3) is 0.719. The van der Waals surface area contributed by atoms with Crippen LogP contribution in [0.3, 0.4) is 0 Å². The molecule has 6 N–H and O–H groups in total. The Morgan fingerprint density at radius 1 is 1.17 bits per heavy atom. The van der Waals surface area contributed by atoms with Crippen molar-refractivity contribution in [3.63, 3.8) is 0 Å². The van der Waals surface area contributed by atoms with E-state index in [-0.39, 0.29) is 42.1 Å². The lowest BCUT2D eigenvalue weighted by atomic mass is 9.90. The van der Waals surface area contributed by atoms with E-state index >= 15 is 0 Å². The van der Waals surface area contributed by atoms with E-state index in [1.54, 1.807) is 6.07 Å². The summed E-state index contributed by atoms with van der Waals surface area (Å²) in [6, 6.07) is 3.70. The number of esters is 1. The van der Waals surface area contributed by atoms with Crippen LogP contribution in [0.15, 0.2) is 17.1 Å². The van der Waals surface area contributed by atoms with Crippen molar-refractivity contribution >= 4 is 17.8 Å². The number of methoxy groups -OCH3 is 1. The molecule has 238 valence electrons. The van der Waals surface area contributed by atoms with Gasteiger partial charge in [-0.1, -0.05) is 46.1 Å². The van der Waals surface area contributed by atoms with Crippen LogP contribution in [0, 0.1) is 11.8 Å². The number of carbonyl (C=O) groups is 2. The molecule has 1 aromatic carbocycles. The van der Waals surface area contributed by atoms with Crippen LogP contribution < -0.4 is 16.2 Å². The highest BCUT2D eigenvalue weighted by Gasteiger charge is 2.39. The average Bonchev–Trinajstić information content (AvgIpc) is 3.20. The van der Waals surface area contributed by atoms with Gasteiger partial charge in [-0.05, 0) is 62.0 Å². The Hall–Kier alpha value is -3.01. The number of aromatic hydroxyl groups is 1. The van der Waals surface area contributed by atoms with Crippen LogP contribution in [0.5, 0.6) is 11.5 Å². The van der Waals surface area contributed by atoms with E-state index in [0.29, 0.717) is 62.3 Å². The van der Waals surface area contributed by atoms with E-state index in [1.165, 1.54) is 14.0 Å². The Morgan fingerprint density at radius 2 is 1.90 bits per heavy atom. The summed E-state index contributed by atoms with van der Waals surface area (Å²) in [4.78, 5) is 31.0. The first-order chi connectivity index (χ1) is 19.9. The lowest BCUT2D eigenvalue weighted by Gasteiger charge is -2.29. The number of aryl methyl sites for hydroxylation is 1. The Kier molecular flexibility index (Phi) is 14.9. The third-order valence-corrected chi connectivity index (χ3v) is 8.07. The quantitative estimate of drug-likeness (QED) is 0.0797. The summed E-state index contributed by atoms with van der Waals surface area (Å²) in [7, 11) is 1.50. The molecule has 42 heavy (non-hydrogen) atoms. The summed E-state index contributed by atoms with van der Waals surface area (Å²) < 4.78 is 11.0. The van der Waals surface area contributed by atoms with Gasteiger partial charge in [0.05, 0.1) is 13.2 Å². The number of benzene rings is 1. The number of amides is 1. The van der Waals surface area contributed by atoms with Crippen molar-refractivity contribution in [2.24, 2.45) is 28.3 Å². The minimum absolute atomic E-state index is 0.0171. The van der Waals surface area contributed by atoms with Gasteiger partial charge in [0.15, 0.2) is 17.5 Å². The van der Waals surface area contributed by atoms with Crippen LogP contribution in [-0.2, 0) is 27.3 Å². The van der Waals surface area contributed by atoms with Crippen molar-refractivity contribution in [1.82, 2.24) is 4.90 Å². The molecular formula is C32H54N4O6. The molecule has 1 fully saturated rings. The molecule has 10 heteroatoms. The van der Waals surface area contributed by atoms with Crippen molar-refractivity contribution in [2.75, 3.05) is 13.7 Å².